The normalized spacial score (nSPS) is 11.5. The van der Waals surface area contributed by atoms with Crippen LogP contribution in [-0.4, -0.2) is 35.8 Å². The lowest BCUT2D eigenvalue weighted by Crippen LogP contribution is -2.25. The standard InChI is InChI=1S/C38H51Br3O3/c1-38(32-14-20-35(21-15-32)42-29-11-5-2-8-26-39,33-16-22-36(23-17-33)43-30-12-6-3-9-27-40)34-18-24-37(25-19-34)44-31-13-7-4-10-28-41/h14-25H,2-13,26-31H2,1H3. The Hall–Kier alpha value is -1.50. The molecule has 0 amide bonds. The zero-order valence-electron chi connectivity index (χ0n) is 26.5. The average Bonchev–Trinajstić information content (AvgIpc) is 3.06. The molecular weight excluding hydrogens is 744 g/mol. The van der Waals surface area contributed by atoms with Crippen molar-refractivity contribution in [3.05, 3.63) is 89.5 Å². The zero-order chi connectivity index (χ0) is 31.3. The highest BCUT2D eigenvalue weighted by atomic mass is 79.9. The number of ether oxygens (including phenoxy) is 3. The average molecular weight is 796 g/mol. The van der Waals surface area contributed by atoms with Crippen LogP contribution < -0.4 is 14.2 Å². The van der Waals surface area contributed by atoms with Crippen LogP contribution in [0, 0.1) is 0 Å². The smallest absolute Gasteiger partial charge is 0.119 e. The highest BCUT2D eigenvalue weighted by molar-refractivity contribution is 9.09. The molecule has 0 N–H and O–H groups in total. The third kappa shape index (κ3) is 12.7. The van der Waals surface area contributed by atoms with Gasteiger partial charge in [0.15, 0.2) is 0 Å². The van der Waals surface area contributed by atoms with Gasteiger partial charge in [0.1, 0.15) is 17.2 Å². The summed E-state index contributed by atoms with van der Waals surface area (Å²) in [7, 11) is 0. The van der Waals surface area contributed by atoms with Gasteiger partial charge >= 0.3 is 0 Å². The first-order valence-electron chi connectivity index (χ1n) is 16.5. The Bertz CT molecular complexity index is 989. The second kappa shape index (κ2) is 22.1. The Labute approximate surface area is 292 Å². The molecule has 0 aliphatic rings. The van der Waals surface area contributed by atoms with E-state index in [1.165, 1.54) is 74.5 Å². The summed E-state index contributed by atoms with van der Waals surface area (Å²) in [6, 6.07) is 26.0. The minimum Gasteiger partial charge on any atom is -0.494 e. The van der Waals surface area contributed by atoms with Crippen molar-refractivity contribution in [3.8, 4) is 17.2 Å². The Morgan fingerprint density at radius 1 is 0.386 bits per heavy atom. The van der Waals surface area contributed by atoms with Gasteiger partial charge in [-0.25, -0.2) is 0 Å². The summed E-state index contributed by atoms with van der Waals surface area (Å²) in [6.07, 6.45) is 14.3. The first-order valence-corrected chi connectivity index (χ1v) is 19.9. The Kier molecular flexibility index (Phi) is 18.6. The molecule has 0 saturated carbocycles. The van der Waals surface area contributed by atoms with Gasteiger partial charge in [0.2, 0.25) is 0 Å². The fourth-order valence-corrected chi connectivity index (χ4v) is 6.56. The molecule has 242 valence electrons. The summed E-state index contributed by atoms with van der Waals surface area (Å²) in [5.41, 5.74) is 3.32. The highest BCUT2D eigenvalue weighted by Crippen LogP contribution is 2.40. The van der Waals surface area contributed by atoms with Gasteiger partial charge in [-0.1, -0.05) is 123 Å². The molecule has 0 atom stereocenters. The molecule has 44 heavy (non-hydrogen) atoms. The van der Waals surface area contributed by atoms with E-state index >= 15 is 0 Å². The molecule has 0 bridgehead atoms. The quantitative estimate of drug-likeness (QED) is 0.0513. The molecule has 3 aromatic rings. The van der Waals surface area contributed by atoms with Crippen molar-refractivity contribution in [2.24, 2.45) is 0 Å². The van der Waals surface area contributed by atoms with Crippen LogP contribution in [0.4, 0.5) is 0 Å². The van der Waals surface area contributed by atoms with E-state index < -0.39 is 0 Å². The molecule has 0 radical (unpaired) electrons. The van der Waals surface area contributed by atoms with E-state index in [1.54, 1.807) is 0 Å². The predicted octanol–water partition coefficient (Wildman–Crippen LogP) is 12.0. The van der Waals surface area contributed by atoms with Gasteiger partial charge in [-0.05, 0) is 98.5 Å². The summed E-state index contributed by atoms with van der Waals surface area (Å²) in [4.78, 5) is 0. The SMILES string of the molecule is CC(c1ccc(OCCCCCCBr)cc1)(c1ccc(OCCCCCCBr)cc1)c1ccc(OCCCCCCBr)cc1. The van der Waals surface area contributed by atoms with Crippen LogP contribution in [0.1, 0.15) is 101 Å². The summed E-state index contributed by atoms with van der Waals surface area (Å²) < 4.78 is 18.3. The van der Waals surface area contributed by atoms with Gasteiger partial charge in [-0.3, -0.25) is 0 Å². The summed E-state index contributed by atoms with van der Waals surface area (Å²) in [5.74, 6) is 2.78. The lowest BCUT2D eigenvalue weighted by Gasteiger charge is -2.32. The van der Waals surface area contributed by atoms with Crippen LogP contribution in [0.2, 0.25) is 0 Å². The van der Waals surface area contributed by atoms with Crippen LogP contribution >= 0.6 is 47.8 Å². The molecule has 0 aliphatic heterocycles. The Morgan fingerprint density at radius 2 is 0.636 bits per heavy atom. The van der Waals surface area contributed by atoms with E-state index in [4.69, 9.17) is 14.2 Å². The minimum atomic E-state index is -0.351. The minimum absolute atomic E-state index is 0.351. The second-order valence-corrected chi connectivity index (χ2v) is 13.9. The van der Waals surface area contributed by atoms with E-state index in [0.29, 0.717) is 0 Å². The number of hydrogen-bond donors (Lipinski definition) is 0. The molecule has 6 heteroatoms. The van der Waals surface area contributed by atoms with E-state index in [0.717, 1.165) is 72.3 Å². The number of unbranched alkanes of at least 4 members (excludes halogenated alkanes) is 9. The van der Waals surface area contributed by atoms with Crippen molar-refractivity contribution in [1.82, 2.24) is 0 Å². The molecule has 3 aromatic carbocycles. The monoisotopic (exact) mass is 792 g/mol. The Morgan fingerprint density at radius 3 is 0.886 bits per heavy atom. The number of alkyl halides is 3. The number of hydrogen-bond acceptors (Lipinski definition) is 3. The van der Waals surface area contributed by atoms with Gasteiger partial charge in [0, 0.05) is 21.4 Å². The van der Waals surface area contributed by atoms with Crippen LogP contribution in [0.3, 0.4) is 0 Å². The fraction of sp³-hybridized carbons (Fsp3) is 0.526. The first-order chi connectivity index (χ1) is 21.6. The first kappa shape index (κ1) is 37.0. The van der Waals surface area contributed by atoms with Crippen LogP contribution in [-0.2, 0) is 5.41 Å². The lowest BCUT2D eigenvalue weighted by molar-refractivity contribution is 0.305. The van der Waals surface area contributed by atoms with E-state index in [9.17, 15) is 0 Å². The van der Waals surface area contributed by atoms with E-state index in [2.05, 4.69) is 128 Å². The van der Waals surface area contributed by atoms with E-state index in [-0.39, 0.29) is 5.41 Å². The molecule has 0 unspecified atom stereocenters. The molecule has 0 fully saturated rings. The van der Waals surface area contributed by atoms with Crippen molar-refractivity contribution in [3.63, 3.8) is 0 Å². The van der Waals surface area contributed by atoms with Gasteiger partial charge in [-0.15, -0.1) is 0 Å². The second-order valence-electron chi connectivity index (χ2n) is 11.6. The third-order valence-corrected chi connectivity index (χ3v) is 9.87. The number of halogens is 3. The summed E-state index contributed by atoms with van der Waals surface area (Å²) in [5, 5.41) is 3.24. The molecule has 0 spiro atoms. The molecular formula is C38H51Br3O3. The van der Waals surface area contributed by atoms with Crippen molar-refractivity contribution < 1.29 is 14.2 Å². The van der Waals surface area contributed by atoms with Gasteiger partial charge < -0.3 is 14.2 Å². The molecule has 0 saturated heterocycles. The maximum atomic E-state index is 6.08. The fourth-order valence-electron chi connectivity index (χ4n) is 5.37. The van der Waals surface area contributed by atoms with Crippen molar-refractivity contribution >= 4 is 47.8 Å². The van der Waals surface area contributed by atoms with E-state index in [1.807, 2.05) is 0 Å². The highest BCUT2D eigenvalue weighted by Gasteiger charge is 2.31. The van der Waals surface area contributed by atoms with Crippen molar-refractivity contribution in [2.75, 3.05) is 35.8 Å². The molecule has 0 aliphatic carbocycles. The zero-order valence-corrected chi connectivity index (χ0v) is 31.3. The van der Waals surface area contributed by atoms with Crippen molar-refractivity contribution in [2.45, 2.75) is 89.4 Å². The summed E-state index contributed by atoms with van der Waals surface area (Å²) in [6.45, 7) is 4.59. The van der Waals surface area contributed by atoms with Gasteiger partial charge in [-0.2, -0.15) is 0 Å². The number of benzene rings is 3. The van der Waals surface area contributed by atoms with Crippen LogP contribution in [0.5, 0.6) is 17.2 Å². The molecule has 0 aromatic heterocycles. The number of rotatable bonds is 24. The van der Waals surface area contributed by atoms with Crippen LogP contribution in [0.15, 0.2) is 72.8 Å². The largest absolute Gasteiger partial charge is 0.494 e. The maximum Gasteiger partial charge on any atom is 0.119 e. The molecule has 3 nitrogen and oxygen atoms in total. The lowest BCUT2D eigenvalue weighted by atomic mass is 9.71. The van der Waals surface area contributed by atoms with Gasteiger partial charge in [0.05, 0.1) is 19.8 Å². The van der Waals surface area contributed by atoms with Crippen LogP contribution in [0.25, 0.3) is 0 Å². The molecule has 3 rings (SSSR count). The predicted molar refractivity (Wildman–Crippen MR) is 198 cm³/mol. The topological polar surface area (TPSA) is 27.7 Å². The molecule has 0 heterocycles. The maximum absolute atomic E-state index is 6.08. The summed E-state index contributed by atoms with van der Waals surface area (Å²) >= 11 is 10.5. The Balaban J connectivity index is 1.72. The third-order valence-electron chi connectivity index (χ3n) is 8.19. The van der Waals surface area contributed by atoms with Crippen molar-refractivity contribution in [1.29, 1.82) is 0 Å². The van der Waals surface area contributed by atoms with Gasteiger partial charge in [0.25, 0.3) is 0 Å².